The minimum Gasteiger partial charge on any atom is -0.494 e. The molecule has 0 aliphatic rings. The number of benzene rings is 2. The van der Waals surface area contributed by atoms with Crippen LogP contribution in [0.5, 0.6) is 11.5 Å². The lowest BCUT2D eigenvalue weighted by Crippen LogP contribution is -2.13. The van der Waals surface area contributed by atoms with Gasteiger partial charge in [-0.15, -0.1) is 0 Å². The van der Waals surface area contributed by atoms with E-state index in [0.29, 0.717) is 12.4 Å². The fraction of sp³-hybridized carbons (Fsp3) is 0.294. The first kappa shape index (κ1) is 17.3. The molecule has 23 heavy (non-hydrogen) atoms. The molecule has 0 atom stereocenters. The van der Waals surface area contributed by atoms with Crippen molar-refractivity contribution in [2.24, 2.45) is 0 Å². The van der Waals surface area contributed by atoms with E-state index < -0.39 is 10.1 Å². The molecule has 0 heterocycles. The smallest absolute Gasteiger partial charge is 0.297 e. The minimum absolute atomic E-state index is 0.0522. The van der Waals surface area contributed by atoms with E-state index in [1.165, 1.54) is 12.1 Å². The molecule has 0 aliphatic carbocycles. The molecule has 0 aliphatic heterocycles. The van der Waals surface area contributed by atoms with Gasteiger partial charge in [-0.2, -0.15) is 8.42 Å². The first-order valence-electron chi connectivity index (χ1n) is 7.33. The summed E-state index contributed by atoms with van der Waals surface area (Å²) in [6, 6.07) is 13.6. The van der Waals surface area contributed by atoms with Crippen LogP contribution in [0.2, 0.25) is 0 Å². The maximum atomic E-state index is 12.0. The maximum Gasteiger partial charge on any atom is 0.297 e. The predicted octanol–water partition coefficient (Wildman–Crippen LogP) is 3.18. The summed E-state index contributed by atoms with van der Waals surface area (Å²) in [4.78, 5) is 0.143. The highest BCUT2D eigenvalue weighted by Crippen LogP contribution is 2.18. The molecular weight excluding hydrogens is 316 g/mol. The van der Waals surface area contributed by atoms with Gasteiger partial charge in [0.15, 0.2) is 0 Å². The Morgan fingerprint density at radius 2 is 1.39 bits per heavy atom. The van der Waals surface area contributed by atoms with Crippen LogP contribution in [-0.2, 0) is 14.3 Å². The maximum absolute atomic E-state index is 12.0. The Kier molecular flexibility index (Phi) is 6.01. The molecule has 0 bridgehead atoms. The Morgan fingerprint density at radius 3 is 1.96 bits per heavy atom. The molecule has 124 valence electrons. The van der Waals surface area contributed by atoms with Crippen LogP contribution in [0.25, 0.3) is 0 Å². The fourth-order valence-electron chi connectivity index (χ4n) is 1.87. The zero-order valence-corrected chi connectivity index (χ0v) is 14.0. The van der Waals surface area contributed by atoms with E-state index in [1.807, 2.05) is 13.8 Å². The first-order valence-corrected chi connectivity index (χ1v) is 8.74. The molecule has 0 N–H and O–H groups in total. The lowest BCUT2D eigenvalue weighted by molar-refractivity contribution is 0.221. The van der Waals surface area contributed by atoms with Gasteiger partial charge in [0.1, 0.15) is 24.7 Å². The van der Waals surface area contributed by atoms with Crippen LogP contribution < -0.4 is 9.47 Å². The van der Waals surface area contributed by atoms with Crippen molar-refractivity contribution in [2.45, 2.75) is 18.7 Å². The largest absolute Gasteiger partial charge is 0.494 e. The van der Waals surface area contributed by atoms with Crippen molar-refractivity contribution in [1.82, 2.24) is 0 Å². The Hall–Kier alpha value is -2.05. The average Bonchev–Trinajstić information content (AvgIpc) is 2.54. The standard InChI is InChI=1S/C17H20O5S/c1-3-20-15-6-8-16(9-7-15)21-12-13-22-23(18,19)17-10-4-14(2)5-11-17/h4-11H,3,12-13H2,1-2H3. The number of hydrogen-bond donors (Lipinski definition) is 0. The second-order valence-corrected chi connectivity index (χ2v) is 6.46. The SMILES string of the molecule is CCOc1ccc(OCCOS(=O)(=O)c2ccc(C)cc2)cc1. The average molecular weight is 336 g/mol. The summed E-state index contributed by atoms with van der Waals surface area (Å²) in [5.41, 5.74) is 0.989. The van der Waals surface area contributed by atoms with E-state index in [1.54, 1.807) is 36.4 Å². The molecule has 2 rings (SSSR count). The van der Waals surface area contributed by atoms with Gasteiger partial charge in [-0.25, -0.2) is 0 Å². The zero-order valence-electron chi connectivity index (χ0n) is 13.2. The van der Waals surface area contributed by atoms with Crippen LogP contribution in [0.15, 0.2) is 53.4 Å². The van der Waals surface area contributed by atoms with Crippen LogP contribution >= 0.6 is 0 Å². The Morgan fingerprint density at radius 1 is 0.826 bits per heavy atom. The van der Waals surface area contributed by atoms with Gasteiger partial charge in [-0.1, -0.05) is 17.7 Å². The molecule has 0 fully saturated rings. The molecule has 0 spiro atoms. The van der Waals surface area contributed by atoms with Gasteiger partial charge in [-0.3, -0.25) is 4.18 Å². The molecule has 0 aromatic heterocycles. The van der Waals surface area contributed by atoms with E-state index in [4.69, 9.17) is 13.7 Å². The number of ether oxygens (including phenoxy) is 2. The number of rotatable bonds is 8. The van der Waals surface area contributed by atoms with E-state index in [0.717, 1.165) is 11.3 Å². The topological polar surface area (TPSA) is 61.8 Å². The van der Waals surface area contributed by atoms with E-state index in [2.05, 4.69) is 0 Å². The van der Waals surface area contributed by atoms with Gasteiger partial charge in [0.25, 0.3) is 10.1 Å². The third-order valence-corrected chi connectivity index (χ3v) is 4.36. The highest BCUT2D eigenvalue weighted by Gasteiger charge is 2.14. The quantitative estimate of drug-likeness (QED) is 0.547. The van der Waals surface area contributed by atoms with Crippen molar-refractivity contribution in [2.75, 3.05) is 19.8 Å². The number of aryl methyl sites for hydroxylation is 1. The summed E-state index contributed by atoms with van der Waals surface area (Å²) < 4.78 is 39.7. The van der Waals surface area contributed by atoms with Gasteiger partial charge >= 0.3 is 0 Å². The molecule has 2 aromatic carbocycles. The second-order valence-electron chi connectivity index (χ2n) is 4.84. The molecule has 5 nitrogen and oxygen atoms in total. The van der Waals surface area contributed by atoms with Crippen LogP contribution in [0, 0.1) is 6.92 Å². The van der Waals surface area contributed by atoms with E-state index in [-0.39, 0.29) is 18.1 Å². The van der Waals surface area contributed by atoms with Crippen LogP contribution in [-0.4, -0.2) is 28.2 Å². The minimum atomic E-state index is -3.75. The Labute approximate surface area is 136 Å². The van der Waals surface area contributed by atoms with Gasteiger partial charge in [-0.05, 0) is 50.2 Å². The third-order valence-electron chi connectivity index (χ3n) is 3.03. The van der Waals surface area contributed by atoms with Crippen LogP contribution in [0.3, 0.4) is 0 Å². The van der Waals surface area contributed by atoms with Gasteiger partial charge in [0, 0.05) is 0 Å². The van der Waals surface area contributed by atoms with Crippen molar-refractivity contribution in [3.8, 4) is 11.5 Å². The normalized spacial score (nSPS) is 11.2. The summed E-state index contributed by atoms with van der Waals surface area (Å²) in [6.07, 6.45) is 0. The summed E-state index contributed by atoms with van der Waals surface area (Å²) in [5.74, 6) is 1.39. The fourth-order valence-corrected chi connectivity index (χ4v) is 2.77. The lowest BCUT2D eigenvalue weighted by atomic mass is 10.2. The van der Waals surface area contributed by atoms with Crippen molar-refractivity contribution in [3.05, 3.63) is 54.1 Å². The summed E-state index contributed by atoms with van der Waals surface area (Å²) in [6.45, 7) is 4.49. The van der Waals surface area contributed by atoms with Crippen LogP contribution in [0.1, 0.15) is 12.5 Å². The Bertz CT molecular complexity index is 706. The zero-order chi connectivity index (χ0) is 16.7. The highest BCUT2D eigenvalue weighted by molar-refractivity contribution is 7.86. The summed E-state index contributed by atoms with van der Waals surface area (Å²) in [5, 5.41) is 0. The monoisotopic (exact) mass is 336 g/mol. The molecule has 2 aromatic rings. The molecule has 0 saturated carbocycles. The summed E-state index contributed by atoms with van der Waals surface area (Å²) in [7, 11) is -3.75. The number of hydrogen-bond acceptors (Lipinski definition) is 5. The molecule has 0 amide bonds. The summed E-state index contributed by atoms with van der Waals surface area (Å²) >= 11 is 0. The van der Waals surface area contributed by atoms with Crippen molar-refractivity contribution >= 4 is 10.1 Å². The van der Waals surface area contributed by atoms with E-state index in [9.17, 15) is 8.42 Å². The molecule has 6 heteroatoms. The predicted molar refractivity (Wildman–Crippen MR) is 87.4 cm³/mol. The van der Waals surface area contributed by atoms with Crippen molar-refractivity contribution < 1.29 is 22.1 Å². The van der Waals surface area contributed by atoms with Crippen LogP contribution in [0.4, 0.5) is 0 Å². The third kappa shape index (κ3) is 5.26. The molecule has 0 radical (unpaired) electrons. The molecule has 0 unspecified atom stereocenters. The molecular formula is C17H20O5S. The van der Waals surface area contributed by atoms with Crippen molar-refractivity contribution in [3.63, 3.8) is 0 Å². The lowest BCUT2D eigenvalue weighted by Gasteiger charge is -2.09. The Balaban J connectivity index is 1.81. The van der Waals surface area contributed by atoms with Gasteiger partial charge in [0.05, 0.1) is 11.5 Å². The van der Waals surface area contributed by atoms with Gasteiger partial charge in [0.2, 0.25) is 0 Å². The van der Waals surface area contributed by atoms with Gasteiger partial charge < -0.3 is 9.47 Å². The second kappa shape index (κ2) is 7.99. The molecule has 0 saturated heterocycles. The highest BCUT2D eigenvalue weighted by atomic mass is 32.2. The first-order chi connectivity index (χ1) is 11.0. The van der Waals surface area contributed by atoms with E-state index >= 15 is 0 Å². The van der Waals surface area contributed by atoms with Crippen molar-refractivity contribution in [1.29, 1.82) is 0 Å².